The first-order valence-electron chi connectivity index (χ1n) is 5.31. The van der Waals surface area contributed by atoms with Crippen LogP contribution in [0.15, 0.2) is 18.3 Å². The van der Waals surface area contributed by atoms with Crippen LogP contribution >= 0.6 is 12.4 Å². The van der Waals surface area contributed by atoms with Crippen LogP contribution in [0.5, 0.6) is 5.75 Å². The van der Waals surface area contributed by atoms with Crippen molar-refractivity contribution in [3.05, 3.63) is 24.3 Å². The minimum absolute atomic E-state index is 0. The predicted molar refractivity (Wildman–Crippen MR) is 60.4 cm³/mol. The van der Waals surface area contributed by atoms with Crippen molar-refractivity contribution in [2.75, 3.05) is 6.61 Å². The topological polar surface area (TPSA) is 34.1 Å². The Hall–Kier alpha value is -0.870. The Labute approximate surface area is 99.8 Å². The summed E-state index contributed by atoms with van der Waals surface area (Å²) in [7, 11) is 0. The Morgan fingerprint density at radius 1 is 1.44 bits per heavy atom. The first-order valence-corrected chi connectivity index (χ1v) is 5.31. The van der Waals surface area contributed by atoms with Crippen LogP contribution < -0.4 is 10.1 Å². The third-order valence-electron chi connectivity index (χ3n) is 3.11. The fourth-order valence-electron chi connectivity index (χ4n) is 2.21. The molecule has 3 rings (SSSR count). The maximum absolute atomic E-state index is 12.5. The molecular weight excluding hydrogens is 231 g/mol. The highest BCUT2D eigenvalue weighted by molar-refractivity contribution is 5.85. The third kappa shape index (κ3) is 2.44. The summed E-state index contributed by atoms with van der Waals surface area (Å²) in [6.45, 7) is 0.653. The molecule has 1 saturated heterocycles. The van der Waals surface area contributed by atoms with E-state index in [2.05, 4.69) is 10.3 Å². The number of ether oxygens (including phenoxy) is 1. The number of aromatic nitrogens is 1. The van der Waals surface area contributed by atoms with Crippen molar-refractivity contribution in [3.8, 4) is 5.75 Å². The summed E-state index contributed by atoms with van der Waals surface area (Å²) in [5, 5.41) is 3.49. The van der Waals surface area contributed by atoms with E-state index in [0.717, 1.165) is 12.0 Å². The standard InChI is InChI=1S/C11H13FN2O.ClH/c12-11-2-1-9(5-13-11)15-6-8-3-7-4-10(7)14-8;/h1-2,5,7-8,10,14H,3-4,6H2;1H. The van der Waals surface area contributed by atoms with Crippen LogP contribution in [0.1, 0.15) is 12.8 Å². The summed E-state index contributed by atoms with van der Waals surface area (Å²) in [6.07, 6.45) is 3.96. The summed E-state index contributed by atoms with van der Waals surface area (Å²) < 4.78 is 18.0. The molecule has 2 heterocycles. The lowest BCUT2D eigenvalue weighted by Crippen LogP contribution is -2.31. The zero-order valence-electron chi connectivity index (χ0n) is 8.73. The molecule has 1 aromatic heterocycles. The largest absolute Gasteiger partial charge is 0.490 e. The molecule has 3 atom stereocenters. The lowest BCUT2D eigenvalue weighted by atomic mass is 10.2. The van der Waals surface area contributed by atoms with Crippen molar-refractivity contribution in [1.82, 2.24) is 10.3 Å². The van der Waals surface area contributed by atoms with Crippen LogP contribution in [0.4, 0.5) is 4.39 Å². The summed E-state index contributed by atoms with van der Waals surface area (Å²) in [6, 6.07) is 4.12. The highest BCUT2D eigenvalue weighted by Gasteiger charge is 2.45. The van der Waals surface area contributed by atoms with Crippen LogP contribution in [0.25, 0.3) is 0 Å². The number of rotatable bonds is 3. The maximum atomic E-state index is 12.5. The average molecular weight is 245 g/mol. The third-order valence-corrected chi connectivity index (χ3v) is 3.11. The summed E-state index contributed by atoms with van der Waals surface area (Å²) in [5.74, 6) is 1.05. The molecule has 1 aliphatic heterocycles. The molecule has 0 aromatic carbocycles. The SMILES string of the molecule is Cl.Fc1ccc(OCC2CC3CC3N2)cn1. The van der Waals surface area contributed by atoms with Gasteiger partial charge in [-0.15, -0.1) is 12.4 Å². The van der Waals surface area contributed by atoms with E-state index in [4.69, 9.17) is 4.74 Å². The minimum Gasteiger partial charge on any atom is -0.490 e. The number of nitrogens with one attached hydrogen (secondary N) is 1. The van der Waals surface area contributed by atoms with E-state index < -0.39 is 5.95 Å². The van der Waals surface area contributed by atoms with Crippen LogP contribution in [-0.4, -0.2) is 23.7 Å². The smallest absolute Gasteiger partial charge is 0.213 e. The molecule has 0 bridgehead atoms. The van der Waals surface area contributed by atoms with Crippen molar-refractivity contribution in [1.29, 1.82) is 0 Å². The number of hydrogen-bond donors (Lipinski definition) is 1. The molecule has 3 nitrogen and oxygen atoms in total. The molecule has 16 heavy (non-hydrogen) atoms. The van der Waals surface area contributed by atoms with Crippen molar-refractivity contribution in [2.24, 2.45) is 5.92 Å². The summed E-state index contributed by atoms with van der Waals surface area (Å²) in [4.78, 5) is 3.54. The molecule has 1 N–H and O–H groups in total. The molecule has 0 amide bonds. The highest BCUT2D eigenvalue weighted by Crippen LogP contribution is 2.40. The van der Waals surface area contributed by atoms with Crippen molar-refractivity contribution in [2.45, 2.75) is 24.9 Å². The highest BCUT2D eigenvalue weighted by atomic mass is 35.5. The van der Waals surface area contributed by atoms with Crippen molar-refractivity contribution < 1.29 is 9.13 Å². The summed E-state index contributed by atoms with van der Waals surface area (Å²) in [5.41, 5.74) is 0. The molecule has 2 fully saturated rings. The van der Waals surface area contributed by atoms with E-state index in [-0.39, 0.29) is 12.4 Å². The number of piperidine rings is 1. The van der Waals surface area contributed by atoms with Gasteiger partial charge < -0.3 is 10.1 Å². The second kappa shape index (κ2) is 4.55. The van der Waals surface area contributed by atoms with Crippen molar-refractivity contribution in [3.63, 3.8) is 0 Å². The lowest BCUT2D eigenvalue weighted by molar-refractivity contribution is 0.266. The van der Waals surface area contributed by atoms with E-state index in [1.165, 1.54) is 25.1 Å². The van der Waals surface area contributed by atoms with E-state index in [1.54, 1.807) is 6.07 Å². The van der Waals surface area contributed by atoms with Gasteiger partial charge >= 0.3 is 0 Å². The lowest BCUT2D eigenvalue weighted by Gasteiger charge is -2.13. The van der Waals surface area contributed by atoms with Gasteiger partial charge in [0.15, 0.2) is 0 Å². The van der Waals surface area contributed by atoms with Gasteiger partial charge in [-0.25, -0.2) is 4.98 Å². The van der Waals surface area contributed by atoms with E-state index in [0.29, 0.717) is 18.4 Å². The number of pyridine rings is 1. The first-order chi connectivity index (χ1) is 7.31. The first kappa shape index (κ1) is 11.6. The molecule has 1 aliphatic carbocycles. The molecule has 0 radical (unpaired) electrons. The normalized spacial score (nSPS) is 30.4. The second-order valence-corrected chi connectivity index (χ2v) is 4.33. The van der Waals surface area contributed by atoms with Crippen LogP contribution in [0.3, 0.4) is 0 Å². The molecule has 0 spiro atoms. The number of fused-ring (bicyclic) bond motifs is 1. The Bertz CT molecular complexity index is 350. The van der Waals surface area contributed by atoms with Gasteiger partial charge in [0.05, 0.1) is 6.20 Å². The van der Waals surface area contributed by atoms with Gasteiger partial charge in [0, 0.05) is 12.1 Å². The zero-order valence-corrected chi connectivity index (χ0v) is 9.54. The molecule has 3 unspecified atom stereocenters. The fourth-order valence-corrected chi connectivity index (χ4v) is 2.21. The average Bonchev–Trinajstić information content (AvgIpc) is 2.86. The van der Waals surface area contributed by atoms with Crippen LogP contribution in [-0.2, 0) is 0 Å². The van der Waals surface area contributed by atoms with Crippen LogP contribution in [0.2, 0.25) is 0 Å². The Balaban J connectivity index is 0.000000963. The molecule has 1 saturated carbocycles. The van der Waals surface area contributed by atoms with Gasteiger partial charge in [-0.3, -0.25) is 0 Å². The fraction of sp³-hybridized carbons (Fsp3) is 0.545. The van der Waals surface area contributed by atoms with E-state index in [1.807, 2.05) is 0 Å². The van der Waals surface area contributed by atoms with Crippen LogP contribution in [0, 0.1) is 11.9 Å². The molecule has 1 aromatic rings. The number of halogens is 2. The van der Waals surface area contributed by atoms with E-state index in [9.17, 15) is 4.39 Å². The number of nitrogens with zero attached hydrogens (tertiary/aromatic N) is 1. The van der Waals surface area contributed by atoms with Gasteiger partial charge in [0.25, 0.3) is 0 Å². The van der Waals surface area contributed by atoms with Crippen molar-refractivity contribution >= 4 is 12.4 Å². The maximum Gasteiger partial charge on any atom is 0.213 e. The monoisotopic (exact) mass is 244 g/mol. The molecular formula is C11H14ClFN2O. The molecule has 88 valence electrons. The van der Waals surface area contributed by atoms with Gasteiger partial charge in [-0.05, 0) is 30.9 Å². The Morgan fingerprint density at radius 3 is 2.94 bits per heavy atom. The Morgan fingerprint density at radius 2 is 2.31 bits per heavy atom. The quantitative estimate of drug-likeness (QED) is 0.823. The minimum atomic E-state index is -0.470. The second-order valence-electron chi connectivity index (χ2n) is 4.33. The molecule has 5 heteroatoms. The summed E-state index contributed by atoms with van der Waals surface area (Å²) >= 11 is 0. The van der Waals surface area contributed by atoms with E-state index >= 15 is 0 Å². The zero-order chi connectivity index (χ0) is 10.3. The number of hydrogen-bond acceptors (Lipinski definition) is 3. The van der Waals surface area contributed by atoms with Gasteiger partial charge in [0.2, 0.25) is 5.95 Å². The molecule has 2 aliphatic rings. The van der Waals surface area contributed by atoms with Gasteiger partial charge in [-0.2, -0.15) is 4.39 Å². The predicted octanol–water partition coefficient (Wildman–Crippen LogP) is 1.77. The van der Waals surface area contributed by atoms with Gasteiger partial charge in [0.1, 0.15) is 12.4 Å². The Kier molecular flexibility index (Phi) is 3.30. The van der Waals surface area contributed by atoms with Gasteiger partial charge in [-0.1, -0.05) is 0 Å².